The lowest BCUT2D eigenvalue weighted by atomic mass is 10.0. The second-order valence-corrected chi connectivity index (χ2v) is 7.05. The maximum absolute atomic E-state index is 12.4. The van der Waals surface area contributed by atoms with Crippen LogP contribution in [0.25, 0.3) is 0 Å². The Morgan fingerprint density at radius 2 is 2.00 bits per heavy atom. The van der Waals surface area contributed by atoms with Gasteiger partial charge in [0.25, 0.3) is 0 Å². The SMILES string of the molecule is O=C(NCc1cccnc1OC1CCCC1)NC1CCOc2ccccc21. The number of benzene rings is 1. The van der Waals surface area contributed by atoms with Crippen molar-refractivity contribution >= 4 is 6.03 Å². The summed E-state index contributed by atoms with van der Waals surface area (Å²) in [6.45, 7) is 0.983. The van der Waals surface area contributed by atoms with E-state index in [1.807, 2.05) is 36.4 Å². The van der Waals surface area contributed by atoms with Crippen LogP contribution in [0.15, 0.2) is 42.6 Å². The van der Waals surface area contributed by atoms with Crippen molar-refractivity contribution in [3.05, 3.63) is 53.7 Å². The molecule has 2 N–H and O–H groups in total. The van der Waals surface area contributed by atoms with Gasteiger partial charge in [-0.05, 0) is 37.8 Å². The van der Waals surface area contributed by atoms with E-state index in [-0.39, 0.29) is 18.2 Å². The molecule has 1 unspecified atom stereocenters. The summed E-state index contributed by atoms with van der Waals surface area (Å²) in [6, 6.07) is 11.4. The molecule has 4 rings (SSSR count). The third-order valence-corrected chi connectivity index (χ3v) is 5.13. The average molecular weight is 367 g/mol. The lowest BCUT2D eigenvalue weighted by Gasteiger charge is -2.26. The van der Waals surface area contributed by atoms with Crippen LogP contribution in [0.4, 0.5) is 4.79 Å². The third-order valence-electron chi connectivity index (χ3n) is 5.13. The van der Waals surface area contributed by atoms with Gasteiger partial charge in [-0.15, -0.1) is 0 Å². The Hall–Kier alpha value is -2.76. The number of para-hydroxylation sites is 1. The molecule has 1 aromatic heterocycles. The molecule has 1 aliphatic carbocycles. The molecule has 1 aliphatic heterocycles. The van der Waals surface area contributed by atoms with Crippen LogP contribution in [-0.2, 0) is 6.54 Å². The first-order valence-electron chi connectivity index (χ1n) is 9.66. The first kappa shape index (κ1) is 17.6. The Morgan fingerprint density at radius 3 is 2.89 bits per heavy atom. The van der Waals surface area contributed by atoms with E-state index < -0.39 is 0 Å². The zero-order valence-corrected chi connectivity index (χ0v) is 15.3. The molecule has 1 aromatic carbocycles. The van der Waals surface area contributed by atoms with Crippen LogP contribution in [0, 0.1) is 0 Å². The predicted octanol–water partition coefficient (Wildman–Crippen LogP) is 3.73. The van der Waals surface area contributed by atoms with Gasteiger partial charge in [0, 0.05) is 30.3 Å². The van der Waals surface area contributed by atoms with E-state index in [0.717, 1.165) is 36.1 Å². The largest absolute Gasteiger partial charge is 0.493 e. The van der Waals surface area contributed by atoms with E-state index in [2.05, 4.69) is 15.6 Å². The number of nitrogens with one attached hydrogen (secondary N) is 2. The monoisotopic (exact) mass is 367 g/mol. The molecule has 1 atom stereocenters. The van der Waals surface area contributed by atoms with Crippen molar-refractivity contribution in [2.24, 2.45) is 0 Å². The highest BCUT2D eigenvalue weighted by Crippen LogP contribution is 2.31. The van der Waals surface area contributed by atoms with Crippen molar-refractivity contribution in [1.82, 2.24) is 15.6 Å². The van der Waals surface area contributed by atoms with Gasteiger partial charge in [0.2, 0.25) is 5.88 Å². The molecule has 0 bridgehead atoms. The van der Waals surface area contributed by atoms with Gasteiger partial charge in [0.15, 0.2) is 0 Å². The molecule has 27 heavy (non-hydrogen) atoms. The number of hydrogen-bond acceptors (Lipinski definition) is 4. The number of aromatic nitrogens is 1. The Balaban J connectivity index is 1.35. The third kappa shape index (κ3) is 4.32. The summed E-state index contributed by atoms with van der Waals surface area (Å²) in [5, 5.41) is 5.98. The summed E-state index contributed by atoms with van der Waals surface area (Å²) >= 11 is 0. The molecule has 6 heteroatoms. The minimum Gasteiger partial charge on any atom is -0.493 e. The van der Waals surface area contributed by atoms with Crippen molar-refractivity contribution in [3.8, 4) is 11.6 Å². The maximum Gasteiger partial charge on any atom is 0.315 e. The fourth-order valence-electron chi connectivity index (χ4n) is 3.71. The van der Waals surface area contributed by atoms with Crippen molar-refractivity contribution in [3.63, 3.8) is 0 Å². The molecule has 1 saturated carbocycles. The number of carbonyl (C=O) groups is 1. The number of fused-ring (bicyclic) bond motifs is 1. The van der Waals surface area contributed by atoms with Crippen molar-refractivity contribution in [1.29, 1.82) is 0 Å². The Morgan fingerprint density at radius 1 is 1.15 bits per heavy atom. The number of pyridine rings is 1. The predicted molar refractivity (Wildman–Crippen MR) is 102 cm³/mol. The molecule has 2 amide bonds. The van der Waals surface area contributed by atoms with E-state index in [9.17, 15) is 4.79 Å². The molecule has 142 valence electrons. The molecule has 2 aromatic rings. The van der Waals surface area contributed by atoms with Gasteiger partial charge in [-0.2, -0.15) is 0 Å². The number of rotatable bonds is 5. The lowest BCUT2D eigenvalue weighted by molar-refractivity contribution is 0.198. The van der Waals surface area contributed by atoms with Crippen molar-refractivity contribution in [2.45, 2.75) is 50.8 Å². The maximum atomic E-state index is 12.4. The molecular formula is C21H25N3O3. The Bertz CT molecular complexity index is 790. The second-order valence-electron chi connectivity index (χ2n) is 7.05. The molecule has 2 aliphatic rings. The minimum atomic E-state index is -0.202. The number of amides is 2. The second kappa shape index (κ2) is 8.29. The van der Waals surface area contributed by atoms with Crippen LogP contribution in [0.1, 0.15) is 49.3 Å². The smallest absolute Gasteiger partial charge is 0.315 e. The van der Waals surface area contributed by atoms with E-state index in [1.165, 1.54) is 12.8 Å². The Kier molecular flexibility index (Phi) is 5.42. The van der Waals surface area contributed by atoms with E-state index in [1.54, 1.807) is 6.20 Å². The molecule has 0 saturated heterocycles. The molecular weight excluding hydrogens is 342 g/mol. The van der Waals surface area contributed by atoms with Crippen LogP contribution >= 0.6 is 0 Å². The van der Waals surface area contributed by atoms with E-state index in [4.69, 9.17) is 9.47 Å². The summed E-state index contributed by atoms with van der Waals surface area (Å²) in [4.78, 5) is 16.8. The lowest BCUT2D eigenvalue weighted by Crippen LogP contribution is -2.39. The quantitative estimate of drug-likeness (QED) is 0.845. The van der Waals surface area contributed by atoms with Gasteiger partial charge in [-0.3, -0.25) is 0 Å². The molecule has 6 nitrogen and oxygen atoms in total. The number of ether oxygens (including phenoxy) is 2. The standard InChI is InChI=1S/C21H25N3O3/c25-21(24-18-11-13-26-19-10-4-3-9-17(18)19)23-14-15-6-5-12-22-20(15)27-16-7-1-2-8-16/h3-6,9-10,12,16,18H,1-2,7-8,11,13-14H2,(H2,23,24,25). The van der Waals surface area contributed by atoms with Crippen molar-refractivity contribution < 1.29 is 14.3 Å². The van der Waals surface area contributed by atoms with Crippen LogP contribution < -0.4 is 20.1 Å². The molecule has 1 fully saturated rings. The minimum absolute atomic E-state index is 0.0435. The number of carbonyl (C=O) groups excluding carboxylic acids is 1. The fourth-order valence-corrected chi connectivity index (χ4v) is 3.71. The zero-order valence-electron chi connectivity index (χ0n) is 15.3. The average Bonchev–Trinajstić information content (AvgIpc) is 3.21. The van der Waals surface area contributed by atoms with Crippen LogP contribution in [0.2, 0.25) is 0 Å². The van der Waals surface area contributed by atoms with Gasteiger partial charge in [-0.25, -0.2) is 9.78 Å². The molecule has 0 radical (unpaired) electrons. The summed E-state index contributed by atoms with van der Waals surface area (Å²) in [6.07, 6.45) is 7.30. The van der Waals surface area contributed by atoms with E-state index >= 15 is 0 Å². The van der Waals surface area contributed by atoms with Crippen LogP contribution in [-0.4, -0.2) is 23.7 Å². The summed E-state index contributed by atoms with van der Waals surface area (Å²) < 4.78 is 11.7. The first-order valence-corrected chi connectivity index (χ1v) is 9.66. The first-order chi connectivity index (χ1) is 13.3. The Labute approximate surface area is 159 Å². The van der Waals surface area contributed by atoms with Gasteiger partial charge >= 0.3 is 6.03 Å². The number of urea groups is 1. The summed E-state index contributed by atoms with van der Waals surface area (Å²) in [5.74, 6) is 1.47. The van der Waals surface area contributed by atoms with Crippen LogP contribution in [0.5, 0.6) is 11.6 Å². The van der Waals surface area contributed by atoms with Gasteiger partial charge < -0.3 is 20.1 Å². The zero-order chi connectivity index (χ0) is 18.5. The normalized spacial score (nSPS) is 19.0. The molecule has 0 spiro atoms. The van der Waals surface area contributed by atoms with Gasteiger partial charge in [-0.1, -0.05) is 24.3 Å². The highest BCUT2D eigenvalue weighted by Gasteiger charge is 2.23. The van der Waals surface area contributed by atoms with Crippen LogP contribution in [0.3, 0.4) is 0 Å². The highest BCUT2D eigenvalue weighted by molar-refractivity contribution is 5.74. The number of nitrogens with zero attached hydrogens (tertiary/aromatic N) is 1. The number of hydrogen-bond donors (Lipinski definition) is 2. The van der Waals surface area contributed by atoms with Crippen molar-refractivity contribution in [2.75, 3.05) is 6.61 Å². The fraction of sp³-hybridized carbons (Fsp3) is 0.429. The van der Waals surface area contributed by atoms with Gasteiger partial charge in [0.05, 0.1) is 12.6 Å². The van der Waals surface area contributed by atoms with E-state index in [0.29, 0.717) is 19.0 Å². The summed E-state index contributed by atoms with van der Waals surface area (Å²) in [5.41, 5.74) is 1.91. The molecule has 2 heterocycles. The van der Waals surface area contributed by atoms with Gasteiger partial charge in [0.1, 0.15) is 11.9 Å². The highest BCUT2D eigenvalue weighted by atomic mass is 16.5. The summed E-state index contributed by atoms with van der Waals surface area (Å²) in [7, 11) is 0. The topological polar surface area (TPSA) is 72.5 Å².